The molecular formula is C28H45N3O7. The molecule has 214 valence electrons. The molecule has 0 saturated carbocycles. The van der Waals surface area contributed by atoms with E-state index in [9.17, 15) is 24.3 Å². The maximum Gasteiger partial charge on any atom is 0.408 e. The number of rotatable bonds is 13. The first-order chi connectivity index (χ1) is 17.8. The fourth-order valence-electron chi connectivity index (χ4n) is 3.83. The lowest BCUT2D eigenvalue weighted by molar-refractivity contribution is -0.146. The summed E-state index contributed by atoms with van der Waals surface area (Å²) < 4.78 is 10.3. The lowest BCUT2D eigenvalue weighted by Gasteiger charge is -2.39. The summed E-state index contributed by atoms with van der Waals surface area (Å²) >= 11 is 0. The van der Waals surface area contributed by atoms with Crippen LogP contribution in [-0.2, 0) is 23.9 Å². The number of alkyl carbamates (subject to hydrolysis) is 1. The Bertz CT molecular complexity index is 945. The van der Waals surface area contributed by atoms with Crippen molar-refractivity contribution >= 4 is 23.9 Å². The van der Waals surface area contributed by atoms with Crippen molar-refractivity contribution < 1.29 is 33.8 Å². The van der Waals surface area contributed by atoms with Gasteiger partial charge in [-0.3, -0.25) is 14.4 Å². The first-order valence-corrected chi connectivity index (χ1v) is 13.3. The number of esters is 1. The Balaban J connectivity index is 3.49. The number of nitrogens with zero attached hydrogens (tertiary/aromatic N) is 1. The fourth-order valence-corrected chi connectivity index (χ4v) is 3.83. The summed E-state index contributed by atoms with van der Waals surface area (Å²) in [4.78, 5) is 53.6. The number of benzene rings is 1. The van der Waals surface area contributed by atoms with Crippen LogP contribution in [0, 0.1) is 5.92 Å². The Labute approximate surface area is 226 Å². The van der Waals surface area contributed by atoms with E-state index in [0.717, 1.165) is 0 Å². The number of carbonyl (C=O) groups is 4. The van der Waals surface area contributed by atoms with Crippen LogP contribution in [0.1, 0.15) is 86.3 Å². The summed E-state index contributed by atoms with van der Waals surface area (Å²) in [5.41, 5.74) is -0.532. The van der Waals surface area contributed by atoms with Gasteiger partial charge in [0.1, 0.15) is 23.4 Å². The van der Waals surface area contributed by atoms with Gasteiger partial charge in [-0.1, -0.05) is 45.4 Å². The lowest BCUT2D eigenvalue weighted by Crippen LogP contribution is -2.57. The number of carbonyl (C=O) groups excluding carboxylic acids is 4. The van der Waals surface area contributed by atoms with Crippen LogP contribution < -0.4 is 10.6 Å². The summed E-state index contributed by atoms with van der Waals surface area (Å²) in [6.07, 6.45) is 0.303. The zero-order valence-corrected chi connectivity index (χ0v) is 24.0. The van der Waals surface area contributed by atoms with E-state index in [2.05, 4.69) is 10.6 Å². The van der Waals surface area contributed by atoms with Crippen LogP contribution in [0.4, 0.5) is 4.79 Å². The number of hydrogen-bond acceptors (Lipinski definition) is 7. The molecule has 1 rings (SSSR count). The number of para-hydroxylation sites is 1. The molecule has 10 heteroatoms. The molecule has 4 atom stereocenters. The first kappa shape index (κ1) is 32.7. The van der Waals surface area contributed by atoms with Crippen molar-refractivity contribution in [2.45, 2.75) is 98.4 Å². The predicted molar refractivity (Wildman–Crippen MR) is 144 cm³/mol. The van der Waals surface area contributed by atoms with E-state index in [0.29, 0.717) is 12.8 Å². The van der Waals surface area contributed by atoms with Crippen molar-refractivity contribution in [2.24, 2.45) is 5.92 Å². The van der Waals surface area contributed by atoms with E-state index in [1.807, 2.05) is 20.8 Å². The van der Waals surface area contributed by atoms with E-state index in [1.165, 1.54) is 11.0 Å². The second-order valence-electron chi connectivity index (χ2n) is 10.3. The SMILES string of the molecule is CCOC(=O)CCNC(=O)C(c1ccccc1O)N(C(=O)C(NC(=O)OC(C)(C)C)C(C)CC)C(C)CC. The molecule has 10 nitrogen and oxygen atoms in total. The number of hydrogen-bond donors (Lipinski definition) is 3. The maximum atomic E-state index is 14.2. The highest BCUT2D eigenvalue weighted by molar-refractivity contribution is 5.93. The largest absolute Gasteiger partial charge is 0.508 e. The van der Waals surface area contributed by atoms with Gasteiger partial charge in [-0.2, -0.15) is 0 Å². The van der Waals surface area contributed by atoms with Crippen LogP contribution in [0.25, 0.3) is 0 Å². The van der Waals surface area contributed by atoms with E-state index in [4.69, 9.17) is 9.47 Å². The highest BCUT2D eigenvalue weighted by atomic mass is 16.6. The Morgan fingerprint density at radius 2 is 1.66 bits per heavy atom. The van der Waals surface area contributed by atoms with Crippen molar-refractivity contribution in [3.8, 4) is 5.75 Å². The Morgan fingerprint density at radius 3 is 2.18 bits per heavy atom. The minimum atomic E-state index is -1.21. The lowest BCUT2D eigenvalue weighted by atomic mass is 9.94. The van der Waals surface area contributed by atoms with Crippen LogP contribution in [0.15, 0.2) is 24.3 Å². The van der Waals surface area contributed by atoms with Gasteiger partial charge in [-0.05, 0) is 53.0 Å². The molecule has 1 aromatic rings. The standard InChI is InChI=1S/C28H45N3O7/c1-9-18(4)23(30-27(36)38-28(6,7)8)26(35)31(19(5)10-2)24(20-14-12-13-15-21(20)32)25(34)29-17-16-22(33)37-11-3/h12-15,18-19,23-24,32H,9-11,16-17H2,1-8H3,(H,29,34)(H,30,36). The van der Waals surface area contributed by atoms with Crippen LogP contribution in [0.2, 0.25) is 0 Å². The molecule has 0 radical (unpaired) electrons. The average Bonchev–Trinajstić information content (AvgIpc) is 2.84. The van der Waals surface area contributed by atoms with Gasteiger partial charge in [0.05, 0.1) is 13.0 Å². The number of ether oxygens (including phenoxy) is 2. The van der Waals surface area contributed by atoms with Crippen molar-refractivity contribution in [3.63, 3.8) is 0 Å². The molecular weight excluding hydrogens is 490 g/mol. The summed E-state index contributed by atoms with van der Waals surface area (Å²) in [7, 11) is 0. The first-order valence-electron chi connectivity index (χ1n) is 13.3. The number of amides is 3. The second-order valence-corrected chi connectivity index (χ2v) is 10.3. The molecule has 4 unspecified atom stereocenters. The van der Waals surface area contributed by atoms with Crippen LogP contribution in [-0.4, -0.2) is 64.7 Å². The van der Waals surface area contributed by atoms with E-state index in [-0.39, 0.29) is 36.8 Å². The van der Waals surface area contributed by atoms with E-state index < -0.39 is 47.6 Å². The number of nitrogens with one attached hydrogen (secondary N) is 2. The third-order valence-electron chi connectivity index (χ3n) is 6.16. The smallest absolute Gasteiger partial charge is 0.408 e. The molecule has 1 aromatic carbocycles. The summed E-state index contributed by atoms with van der Waals surface area (Å²) in [6, 6.07) is 3.67. The van der Waals surface area contributed by atoms with Crippen LogP contribution in [0.3, 0.4) is 0 Å². The predicted octanol–water partition coefficient (Wildman–Crippen LogP) is 4.07. The molecule has 0 aliphatic rings. The Morgan fingerprint density at radius 1 is 1.03 bits per heavy atom. The Hall–Kier alpha value is -3.30. The number of phenolic OH excluding ortho intramolecular Hbond substituents is 1. The molecule has 38 heavy (non-hydrogen) atoms. The third-order valence-corrected chi connectivity index (χ3v) is 6.16. The van der Waals surface area contributed by atoms with Crippen molar-refractivity contribution in [1.29, 1.82) is 0 Å². The van der Waals surface area contributed by atoms with Gasteiger partial charge in [0, 0.05) is 18.2 Å². The molecule has 0 aliphatic heterocycles. The average molecular weight is 536 g/mol. The monoisotopic (exact) mass is 535 g/mol. The highest BCUT2D eigenvalue weighted by Crippen LogP contribution is 2.32. The fraction of sp³-hybridized carbons (Fsp3) is 0.643. The normalized spacial score (nSPS) is 14.4. The molecule has 0 saturated heterocycles. The third kappa shape index (κ3) is 9.87. The summed E-state index contributed by atoms with van der Waals surface area (Å²) in [6.45, 7) is 14.5. The van der Waals surface area contributed by atoms with Gasteiger partial charge in [0.2, 0.25) is 11.8 Å². The van der Waals surface area contributed by atoms with Gasteiger partial charge in [-0.25, -0.2) is 4.79 Å². The van der Waals surface area contributed by atoms with Crippen LogP contribution >= 0.6 is 0 Å². The summed E-state index contributed by atoms with van der Waals surface area (Å²) in [5, 5.41) is 16.1. The summed E-state index contributed by atoms with van der Waals surface area (Å²) in [5.74, 6) is -1.93. The van der Waals surface area contributed by atoms with Gasteiger partial charge < -0.3 is 30.1 Å². The van der Waals surface area contributed by atoms with Gasteiger partial charge in [0.15, 0.2) is 0 Å². The van der Waals surface area contributed by atoms with Crippen molar-refractivity contribution in [3.05, 3.63) is 29.8 Å². The maximum absolute atomic E-state index is 14.2. The van der Waals surface area contributed by atoms with E-state index in [1.54, 1.807) is 52.8 Å². The topological polar surface area (TPSA) is 134 Å². The molecule has 0 spiro atoms. The minimum Gasteiger partial charge on any atom is -0.508 e. The molecule has 0 heterocycles. The molecule has 0 fully saturated rings. The van der Waals surface area contributed by atoms with E-state index >= 15 is 0 Å². The van der Waals surface area contributed by atoms with Gasteiger partial charge >= 0.3 is 12.1 Å². The molecule has 3 amide bonds. The zero-order chi connectivity index (χ0) is 29.0. The zero-order valence-electron chi connectivity index (χ0n) is 24.0. The molecule has 0 aliphatic carbocycles. The molecule has 0 bridgehead atoms. The molecule has 0 aromatic heterocycles. The second kappa shape index (κ2) is 15.2. The van der Waals surface area contributed by atoms with Crippen molar-refractivity contribution in [1.82, 2.24) is 15.5 Å². The van der Waals surface area contributed by atoms with Crippen molar-refractivity contribution in [2.75, 3.05) is 13.2 Å². The Kier molecular flexibility index (Phi) is 13.1. The van der Waals surface area contributed by atoms with Gasteiger partial charge in [-0.15, -0.1) is 0 Å². The quantitative estimate of drug-likeness (QED) is 0.324. The molecule has 3 N–H and O–H groups in total. The minimum absolute atomic E-state index is 0.00471. The number of phenols is 1. The van der Waals surface area contributed by atoms with Crippen LogP contribution in [0.5, 0.6) is 5.75 Å². The highest BCUT2D eigenvalue weighted by Gasteiger charge is 2.40. The number of aromatic hydroxyl groups is 1. The van der Waals surface area contributed by atoms with Gasteiger partial charge in [0.25, 0.3) is 0 Å².